The van der Waals surface area contributed by atoms with Gasteiger partial charge in [-0.1, -0.05) is 36.1 Å². The number of para-hydroxylation sites is 2. The first-order valence-corrected chi connectivity index (χ1v) is 7.55. The van der Waals surface area contributed by atoms with Crippen LogP contribution in [0.2, 0.25) is 0 Å². The molecule has 0 radical (unpaired) electrons. The van der Waals surface area contributed by atoms with Gasteiger partial charge in [-0.05, 0) is 31.2 Å². The second-order valence-corrected chi connectivity index (χ2v) is 4.68. The summed E-state index contributed by atoms with van der Waals surface area (Å²) in [6.07, 6.45) is 0. The highest BCUT2D eigenvalue weighted by Crippen LogP contribution is 2.17. The highest BCUT2D eigenvalue weighted by molar-refractivity contribution is 5.97. The number of hydrogen-bond donors (Lipinski definition) is 1. The lowest BCUT2D eigenvalue weighted by molar-refractivity contribution is 0.0955. The second kappa shape index (κ2) is 9.21. The van der Waals surface area contributed by atoms with Gasteiger partial charge in [0.15, 0.2) is 11.6 Å². The zero-order chi connectivity index (χ0) is 17.2. The predicted molar refractivity (Wildman–Crippen MR) is 89.6 cm³/mol. The molecule has 0 aliphatic carbocycles. The van der Waals surface area contributed by atoms with Crippen molar-refractivity contribution in [1.82, 2.24) is 5.32 Å². The van der Waals surface area contributed by atoms with Gasteiger partial charge in [-0.15, -0.1) is 0 Å². The van der Waals surface area contributed by atoms with Crippen molar-refractivity contribution in [3.05, 3.63) is 59.9 Å². The molecule has 4 nitrogen and oxygen atoms in total. The molecule has 2 aromatic rings. The van der Waals surface area contributed by atoms with Crippen molar-refractivity contribution in [3.63, 3.8) is 0 Å². The largest absolute Gasteiger partial charge is 0.493 e. The molecule has 0 atom stereocenters. The number of rotatable bonds is 6. The van der Waals surface area contributed by atoms with Crippen LogP contribution in [-0.2, 0) is 0 Å². The van der Waals surface area contributed by atoms with E-state index in [9.17, 15) is 9.18 Å². The number of carbonyl (C=O) groups is 1. The Hall–Kier alpha value is -3.00. The summed E-state index contributed by atoms with van der Waals surface area (Å²) in [5.41, 5.74) is 0.462. The molecule has 124 valence electrons. The Balaban J connectivity index is 1.80. The van der Waals surface area contributed by atoms with Crippen LogP contribution in [0.1, 0.15) is 17.3 Å². The Bertz CT molecular complexity index is 750. The third-order valence-electron chi connectivity index (χ3n) is 3.03. The van der Waals surface area contributed by atoms with Gasteiger partial charge in [-0.25, -0.2) is 4.39 Å². The Kier molecular flexibility index (Phi) is 6.66. The monoisotopic (exact) mass is 327 g/mol. The van der Waals surface area contributed by atoms with Crippen molar-refractivity contribution in [2.75, 3.05) is 19.8 Å². The first-order chi connectivity index (χ1) is 11.7. The Labute approximate surface area is 140 Å². The molecule has 0 heterocycles. The van der Waals surface area contributed by atoms with Crippen molar-refractivity contribution in [3.8, 4) is 23.3 Å². The molecule has 0 bridgehead atoms. The Morgan fingerprint density at radius 2 is 1.75 bits per heavy atom. The third kappa shape index (κ3) is 5.03. The molecule has 0 fully saturated rings. The normalized spacial score (nSPS) is 9.58. The second-order valence-electron chi connectivity index (χ2n) is 4.68. The van der Waals surface area contributed by atoms with E-state index < -0.39 is 5.82 Å². The molecule has 2 aromatic carbocycles. The molecule has 1 amide bonds. The van der Waals surface area contributed by atoms with Gasteiger partial charge in [0.1, 0.15) is 12.4 Å². The predicted octanol–water partition coefficient (Wildman–Crippen LogP) is 3.04. The van der Waals surface area contributed by atoms with Crippen LogP contribution in [0.3, 0.4) is 0 Å². The van der Waals surface area contributed by atoms with Crippen LogP contribution in [-0.4, -0.2) is 25.7 Å². The number of halogens is 1. The van der Waals surface area contributed by atoms with Gasteiger partial charge in [0.25, 0.3) is 5.91 Å². The third-order valence-corrected chi connectivity index (χ3v) is 3.03. The number of ether oxygens (including phenoxy) is 2. The molecule has 0 saturated heterocycles. The van der Waals surface area contributed by atoms with E-state index in [1.54, 1.807) is 30.3 Å². The molecular formula is C19H18FNO3. The summed E-state index contributed by atoms with van der Waals surface area (Å²) < 4.78 is 23.9. The fraction of sp³-hybridized carbons (Fsp3) is 0.211. The van der Waals surface area contributed by atoms with Gasteiger partial charge < -0.3 is 14.8 Å². The lowest BCUT2D eigenvalue weighted by Crippen LogP contribution is -2.24. The maximum Gasteiger partial charge on any atom is 0.255 e. The van der Waals surface area contributed by atoms with Gasteiger partial charge in [-0.3, -0.25) is 4.79 Å². The van der Waals surface area contributed by atoms with E-state index in [0.29, 0.717) is 17.9 Å². The van der Waals surface area contributed by atoms with E-state index in [2.05, 4.69) is 17.2 Å². The summed E-state index contributed by atoms with van der Waals surface area (Å²) >= 11 is 0. The Morgan fingerprint density at radius 3 is 2.50 bits per heavy atom. The average Bonchev–Trinajstić information content (AvgIpc) is 2.60. The molecule has 1 N–H and O–H groups in total. The minimum atomic E-state index is -0.430. The molecule has 0 unspecified atom stereocenters. The van der Waals surface area contributed by atoms with Gasteiger partial charge >= 0.3 is 0 Å². The SMILES string of the molecule is CCOc1ccccc1C(=O)NCC#CCOc1ccccc1F. The first-order valence-electron chi connectivity index (χ1n) is 7.55. The molecule has 5 heteroatoms. The van der Waals surface area contributed by atoms with Gasteiger partial charge in [0.2, 0.25) is 0 Å². The number of nitrogens with one attached hydrogen (secondary N) is 1. The van der Waals surface area contributed by atoms with Crippen molar-refractivity contribution < 1.29 is 18.7 Å². The first kappa shape index (κ1) is 17.4. The summed E-state index contributed by atoms with van der Waals surface area (Å²) in [6, 6.07) is 13.1. The zero-order valence-corrected chi connectivity index (χ0v) is 13.3. The van der Waals surface area contributed by atoms with E-state index >= 15 is 0 Å². The van der Waals surface area contributed by atoms with E-state index in [-0.39, 0.29) is 24.8 Å². The molecule has 2 rings (SSSR count). The average molecular weight is 327 g/mol. The van der Waals surface area contributed by atoms with Crippen LogP contribution in [0.25, 0.3) is 0 Å². The summed E-state index contributed by atoms with van der Waals surface area (Å²) in [6.45, 7) is 2.56. The van der Waals surface area contributed by atoms with Gasteiger partial charge in [0.05, 0.1) is 18.7 Å². The molecule has 0 aliphatic rings. The highest BCUT2D eigenvalue weighted by Gasteiger charge is 2.10. The van der Waals surface area contributed by atoms with Crippen LogP contribution in [0.15, 0.2) is 48.5 Å². The minimum Gasteiger partial charge on any atom is -0.493 e. The lowest BCUT2D eigenvalue weighted by atomic mass is 10.2. The van der Waals surface area contributed by atoms with Crippen LogP contribution in [0, 0.1) is 17.7 Å². The molecule has 24 heavy (non-hydrogen) atoms. The number of carbonyl (C=O) groups excluding carboxylic acids is 1. The number of amides is 1. The van der Waals surface area contributed by atoms with E-state index in [1.165, 1.54) is 12.1 Å². The molecule has 0 saturated carbocycles. The summed E-state index contributed by atoms with van der Waals surface area (Å²) in [5.74, 6) is 5.48. The summed E-state index contributed by atoms with van der Waals surface area (Å²) in [5, 5.41) is 2.69. The molecule has 0 aromatic heterocycles. The lowest BCUT2D eigenvalue weighted by Gasteiger charge is -2.08. The van der Waals surface area contributed by atoms with Gasteiger partial charge in [-0.2, -0.15) is 0 Å². The fourth-order valence-electron chi connectivity index (χ4n) is 1.94. The minimum absolute atomic E-state index is 0.0480. The van der Waals surface area contributed by atoms with Gasteiger partial charge in [0, 0.05) is 0 Å². The summed E-state index contributed by atoms with van der Waals surface area (Å²) in [7, 11) is 0. The maximum atomic E-state index is 13.3. The Morgan fingerprint density at radius 1 is 1.04 bits per heavy atom. The summed E-state index contributed by atoms with van der Waals surface area (Å²) in [4.78, 5) is 12.1. The van der Waals surface area contributed by atoms with E-state index in [0.717, 1.165) is 0 Å². The zero-order valence-electron chi connectivity index (χ0n) is 13.3. The smallest absolute Gasteiger partial charge is 0.255 e. The van der Waals surface area contributed by atoms with Crippen molar-refractivity contribution in [1.29, 1.82) is 0 Å². The van der Waals surface area contributed by atoms with Crippen LogP contribution in [0.4, 0.5) is 4.39 Å². The highest BCUT2D eigenvalue weighted by atomic mass is 19.1. The maximum absolute atomic E-state index is 13.3. The van der Waals surface area contributed by atoms with Crippen LogP contribution >= 0.6 is 0 Å². The quantitative estimate of drug-likeness (QED) is 0.830. The number of hydrogen-bond acceptors (Lipinski definition) is 3. The van der Waals surface area contributed by atoms with Crippen molar-refractivity contribution in [2.45, 2.75) is 6.92 Å². The van der Waals surface area contributed by atoms with E-state index in [1.807, 2.05) is 13.0 Å². The molecule has 0 spiro atoms. The van der Waals surface area contributed by atoms with Crippen LogP contribution < -0.4 is 14.8 Å². The van der Waals surface area contributed by atoms with E-state index in [4.69, 9.17) is 9.47 Å². The molecular weight excluding hydrogens is 309 g/mol. The van der Waals surface area contributed by atoms with Crippen LogP contribution in [0.5, 0.6) is 11.5 Å². The van der Waals surface area contributed by atoms with Crippen molar-refractivity contribution in [2.24, 2.45) is 0 Å². The topological polar surface area (TPSA) is 47.6 Å². The molecule has 0 aliphatic heterocycles. The van der Waals surface area contributed by atoms with Crippen molar-refractivity contribution >= 4 is 5.91 Å². The standard InChI is InChI=1S/C19H18FNO3/c1-2-23-17-11-5-3-9-15(17)19(22)21-13-7-8-14-24-18-12-6-4-10-16(18)20/h3-6,9-12H,2,13-14H2,1H3,(H,21,22). The number of benzene rings is 2. The fourth-order valence-corrected chi connectivity index (χ4v) is 1.94.